The summed E-state index contributed by atoms with van der Waals surface area (Å²) in [4.78, 5) is 24.1. The maximum Gasteiger partial charge on any atom is 0.230 e. The van der Waals surface area contributed by atoms with Crippen LogP contribution in [0.3, 0.4) is 0 Å². The van der Waals surface area contributed by atoms with Crippen LogP contribution in [0.1, 0.15) is 25.7 Å². The number of amides is 1. The first-order valence-corrected chi connectivity index (χ1v) is 10.3. The molecule has 6 nitrogen and oxygen atoms in total. The molecule has 0 saturated carbocycles. The summed E-state index contributed by atoms with van der Waals surface area (Å²) in [6, 6.07) is 7.91. The number of thioether (sulfide) groups is 1. The second-order valence-electron chi connectivity index (χ2n) is 6.76. The normalized spacial score (nSPS) is 20.0. The van der Waals surface area contributed by atoms with Crippen molar-refractivity contribution in [2.45, 2.75) is 36.8 Å². The first-order chi connectivity index (χ1) is 12.8. The van der Waals surface area contributed by atoms with Gasteiger partial charge in [0.25, 0.3) is 0 Å². The fraction of sp³-hybridized carbons (Fsp3) is 0.526. The summed E-state index contributed by atoms with van der Waals surface area (Å²) in [5.74, 6) is 1.28. The summed E-state index contributed by atoms with van der Waals surface area (Å²) in [5.41, 5.74) is 1.78. The molecule has 0 bridgehead atoms. The number of para-hydroxylation sites is 2. The molecule has 1 amide bonds. The lowest BCUT2D eigenvalue weighted by atomic mass is 10.2. The number of nitrogens with zero attached hydrogens (tertiary/aromatic N) is 3. The highest BCUT2D eigenvalue weighted by atomic mass is 32.2. The van der Waals surface area contributed by atoms with Crippen LogP contribution >= 0.6 is 11.8 Å². The van der Waals surface area contributed by atoms with Crippen LogP contribution < -0.4 is 10.2 Å². The lowest BCUT2D eigenvalue weighted by molar-refractivity contribution is -0.119. The topological polar surface area (TPSA) is 67.4 Å². The number of benzene rings is 1. The van der Waals surface area contributed by atoms with Gasteiger partial charge in [0.15, 0.2) is 5.82 Å². The summed E-state index contributed by atoms with van der Waals surface area (Å²) in [6.07, 6.45) is 4.65. The minimum Gasteiger partial charge on any atom is -0.376 e. The van der Waals surface area contributed by atoms with Crippen LogP contribution in [0.2, 0.25) is 0 Å². The summed E-state index contributed by atoms with van der Waals surface area (Å²) < 4.78 is 5.55. The Bertz CT molecular complexity index is 773. The van der Waals surface area contributed by atoms with Crippen LogP contribution in [0.5, 0.6) is 0 Å². The van der Waals surface area contributed by atoms with Gasteiger partial charge in [0, 0.05) is 26.2 Å². The standard InChI is InChI=1S/C19H24N4O2S/c24-17(20-12-14-6-5-11-25-14)13-26-19-18(23-9-3-4-10-23)21-15-7-1-2-8-16(15)22-19/h1-2,7-8,14H,3-6,9-13H2,(H,20,24). The van der Waals surface area contributed by atoms with Crippen LogP contribution in [-0.4, -0.2) is 54.0 Å². The molecule has 1 aromatic heterocycles. The zero-order chi connectivity index (χ0) is 17.8. The van der Waals surface area contributed by atoms with E-state index in [4.69, 9.17) is 14.7 Å². The first kappa shape index (κ1) is 17.5. The number of hydrogen-bond acceptors (Lipinski definition) is 6. The molecule has 1 unspecified atom stereocenters. The third-order valence-electron chi connectivity index (χ3n) is 4.82. The molecule has 7 heteroatoms. The minimum atomic E-state index is 0.0211. The molecule has 0 radical (unpaired) electrons. The number of carbonyl (C=O) groups excluding carboxylic acids is 1. The fourth-order valence-corrected chi connectivity index (χ4v) is 4.26. The van der Waals surface area contributed by atoms with Crippen molar-refractivity contribution in [3.8, 4) is 0 Å². The number of aromatic nitrogens is 2. The number of hydrogen-bond donors (Lipinski definition) is 1. The van der Waals surface area contributed by atoms with Gasteiger partial charge in [-0.1, -0.05) is 23.9 Å². The van der Waals surface area contributed by atoms with Gasteiger partial charge in [-0.05, 0) is 37.8 Å². The van der Waals surface area contributed by atoms with Crippen molar-refractivity contribution in [1.82, 2.24) is 15.3 Å². The second kappa shape index (κ2) is 8.22. The SMILES string of the molecule is O=C(CSc1nc2ccccc2nc1N1CCCC1)NCC1CCCO1. The summed E-state index contributed by atoms with van der Waals surface area (Å²) >= 11 is 1.47. The Morgan fingerprint density at radius 1 is 1.19 bits per heavy atom. The number of fused-ring (bicyclic) bond motifs is 1. The quantitative estimate of drug-likeness (QED) is 0.786. The Labute approximate surface area is 157 Å². The van der Waals surface area contributed by atoms with Crippen LogP contribution in [0.25, 0.3) is 11.0 Å². The zero-order valence-electron chi connectivity index (χ0n) is 14.8. The highest BCUT2D eigenvalue weighted by Crippen LogP contribution is 2.31. The largest absolute Gasteiger partial charge is 0.376 e. The zero-order valence-corrected chi connectivity index (χ0v) is 15.6. The smallest absolute Gasteiger partial charge is 0.230 e. The van der Waals surface area contributed by atoms with Crippen molar-refractivity contribution < 1.29 is 9.53 Å². The Kier molecular flexibility index (Phi) is 5.55. The highest BCUT2D eigenvalue weighted by Gasteiger charge is 2.21. The third-order valence-corrected chi connectivity index (χ3v) is 5.77. The molecule has 138 valence electrons. The molecule has 2 aliphatic heterocycles. The maximum atomic E-state index is 12.2. The van der Waals surface area contributed by atoms with E-state index < -0.39 is 0 Å². The molecule has 2 aliphatic rings. The summed E-state index contributed by atoms with van der Waals surface area (Å²) in [5, 5.41) is 3.82. The van der Waals surface area contributed by atoms with Crippen molar-refractivity contribution in [2.75, 3.05) is 36.9 Å². The molecule has 0 spiro atoms. The van der Waals surface area contributed by atoms with E-state index in [1.165, 1.54) is 24.6 Å². The van der Waals surface area contributed by atoms with Gasteiger partial charge in [-0.15, -0.1) is 0 Å². The lowest BCUT2D eigenvalue weighted by Crippen LogP contribution is -2.33. The number of nitrogens with one attached hydrogen (secondary N) is 1. The van der Waals surface area contributed by atoms with Crippen molar-refractivity contribution in [1.29, 1.82) is 0 Å². The number of rotatable bonds is 6. The molecule has 26 heavy (non-hydrogen) atoms. The molecule has 1 N–H and O–H groups in total. The van der Waals surface area contributed by atoms with Crippen molar-refractivity contribution in [3.05, 3.63) is 24.3 Å². The van der Waals surface area contributed by atoms with Crippen molar-refractivity contribution >= 4 is 34.5 Å². The molecule has 2 saturated heterocycles. The minimum absolute atomic E-state index is 0.0211. The van der Waals surface area contributed by atoms with E-state index in [9.17, 15) is 4.79 Å². The van der Waals surface area contributed by atoms with Gasteiger partial charge in [0.05, 0.1) is 22.9 Å². The van der Waals surface area contributed by atoms with Crippen molar-refractivity contribution in [3.63, 3.8) is 0 Å². The van der Waals surface area contributed by atoms with Crippen LogP contribution in [0.15, 0.2) is 29.3 Å². The monoisotopic (exact) mass is 372 g/mol. The molecule has 3 heterocycles. The molecular weight excluding hydrogens is 348 g/mol. The molecule has 2 aromatic rings. The number of anilines is 1. The molecule has 1 atom stereocenters. The Balaban J connectivity index is 1.45. The molecule has 0 aliphatic carbocycles. The molecular formula is C19H24N4O2S. The van der Waals surface area contributed by atoms with Gasteiger partial charge in [-0.3, -0.25) is 4.79 Å². The first-order valence-electron chi connectivity index (χ1n) is 9.32. The average Bonchev–Trinajstić information content (AvgIpc) is 3.37. The number of ether oxygens (including phenoxy) is 1. The van der Waals surface area contributed by atoms with Gasteiger partial charge in [0.2, 0.25) is 5.91 Å². The van der Waals surface area contributed by atoms with Crippen LogP contribution in [-0.2, 0) is 9.53 Å². The summed E-state index contributed by atoms with van der Waals surface area (Å²) in [7, 11) is 0. The van der Waals surface area contributed by atoms with Gasteiger partial charge < -0.3 is 15.0 Å². The van der Waals surface area contributed by atoms with E-state index in [0.717, 1.165) is 54.4 Å². The van der Waals surface area contributed by atoms with E-state index in [-0.39, 0.29) is 12.0 Å². The fourth-order valence-electron chi connectivity index (χ4n) is 3.42. The van der Waals surface area contributed by atoms with Gasteiger partial charge in [-0.25, -0.2) is 9.97 Å². The molecule has 1 aromatic carbocycles. The van der Waals surface area contributed by atoms with E-state index in [0.29, 0.717) is 12.3 Å². The van der Waals surface area contributed by atoms with Gasteiger partial charge in [-0.2, -0.15) is 0 Å². The van der Waals surface area contributed by atoms with E-state index >= 15 is 0 Å². The maximum absolute atomic E-state index is 12.2. The van der Waals surface area contributed by atoms with Gasteiger partial charge >= 0.3 is 0 Å². The highest BCUT2D eigenvalue weighted by molar-refractivity contribution is 8.00. The van der Waals surface area contributed by atoms with Gasteiger partial charge in [0.1, 0.15) is 5.03 Å². The van der Waals surface area contributed by atoms with Crippen molar-refractivity contribution in [2.24, 2.45) is 0 Å². The van der Waals surface area contributed by atoms with E-state index in [1.54, 1.807) is 0 Å². The predicted octanol–water partition coefficient (Wildman–Crippen LogP) is 2.62. The van der Waals surface area contributed by atoms with E-state index in [2.05, 4.69) is 10.2 Å². The lowest BCUT2D eigenvalue weighted by Gasteiger charge is -2.19. The summed E-state index contributed by atoms with van der Waals surface area (Å²) in [6.45, 7) is 3.42. The molecule has 4 rings (SSSR count). The van der Waals surface area contributed by atoms with E-state index in [1.807, 2.05) is 24.3 Å². The average molecular weight is 372 g/mol. The number of carbonyl (C=O) groups is 1. The van der Waals surface area contributed by atoms with Crippen LogP contribution in [0, 0.1) is 0 Å². The Hall–Kier alpha value is -1.86. The third kappa shape index (κ3) is 4.10. The Morgan fingerprint density at radius 3 is 2.69 bits per heavy atom. The second-order valence-corrected chi connectivity index (χ2v) is 7.73. The molecule has 2 fully saturated rings. The predicted molar refractivity (Wildman–Crippen MR) is 104 cm³/mol. The Morgan fingerprint density at radius 2 is 1.96 bits per heavy atom. The van der Waals surface area contributed by atoms with Crippen LogP contribution in [0.4, 0.5) is 5.82 Å².